The van der Waals surface area contributed by atoms with Crippen molar-refractivity contribution in [3.8, 4) is 11.5 Å². The zero-order valence-corrected chi connectivity index (χ0v) is 20.7. The number of aliphatic hydroxyl groups excluding tert-OH is 2. The first-order valence-electron chi connectivity index (χ1n) is 11.5. The van der Waals surface area contributed by atoms with Gasteiger partial charge in [-0.3, -0.25) is 0 Å². The van der Waals surface area contributed by atoms with Crippen LogP contribution in [0.5, 0.6) is 11.5 Å². The third-order valence-corrected chi connectivity index (χ3v) is 6.41. The minimum Gasteiger partial charge on any atom is -0.508 e. The van der Waals surface area contributed by atoms with Crippen molar-refractivity contribution in [2.45, 2.75) is 30.6 Å². The molecule has 0 fully saturated rings. The van der Waals surface area contributed by atoms with Crippen LogP contribution in [-0.2, 0) is 34.4 Å². The van der Waals surface area contributed by atoms with Crippen LogP contribution in [0.2, 0.25) is 0 Å². The SMILES string of the molecule is NS(=O)(=O)c1cccc(COCCOc2ccc(CCNCC(O)c3ccc(O)c(CO)c3)cc2)c1. The number of aromatic hydroxyl groups is 1. The largest absolute Gasteiger partial charge is 0.508 e. The van der Waals surface area contributed by atoms with E-state index in [4.69, 9.17) is 14.6 Å². The summed E-state index contributed by atoms with van der Waals surface area (Å²) in [4.78, 5) is 0.0558. The molecule has 0 aromatic heterocycles. The lowest BCUT2D eigenvalue weighted by Gasteiger charge is -2.14. The number of ether oxygens (including phenoxy) is 2. The van der Waals surface area contributed by atoms with Gasteiger partial charge in [-0.1, -0.05) is 30.3 Å². The summed E-state index contributed by atoms with van der Waals surface area (Å²) in [7, 11) is -3.74. The zero-order valence-electron chi connectivity index (χ0n) is 19.8. The molecule has 0 radical (unpaired) electrons. The van der Waals surface area contributed by atoms with Gasteiger partial charge in [0.15, 0.2) is 0 Å². The van der Waals surface area contributed by atoms with Gasteiger partial charge >= 0.3 is 0 Å². The van der Waals surface area contributed by atoms with E-state index in [1.165, 1.54) is 18.2 Å². The molecular weight excluding hydrogens is 484 g/mol. The van der Waals surface area contributed by atoms with Crippen molar-refractivity contribution < 1.29 is 33.2 Å². The van der Waals surface area contributed by atoms with Crippen molar-refractivity contribution in [3.05, 3.63) is 89.0 Å². The summed E-state index contributed by atoms with van der Waals surface area (Å²) in [5.41, 5.74) is 2.84. The number of hydrogen-bond acceptors (Lipinski definition) is 8. The van der Waals surface area contributed by atoms with Gasteiger partial charge in [0.25, 0.3) is 0 Å². The Labute approximate surface area is 211 Å². The molecule has 0 heterocycles. The van der Waals surface area contributed by atoms with Crippen molar-refractivity contribution in [1.82, 2.24) is 5.32 Å². The van der Waals surface area contributed by atoms with E-state index in [1.54, 1.807) is 24.3 Å². The molecule has 0 spiro atoms. The molecule has 0 aliphatic carbocycles. The summed E-state index contributed by atoms with van der Waals surface area (Å²) in [6.45, 7) is 1.68. The van der Waals surface area contributed by atoms with Gasteiger partial charge in [-0.15, -0.1) is 0 Å². The van der Waals surface area contributed by atoms with E-state index in [-0.39, 0.29) is 23.9 Å². The average Bonchev–Trinajstić information content (AvgIpc) is 2.87. The Kier molecular flexibility index (Phi) is 10.2. The highest BCUT2D eigenvalue weighted by Gasteiger charge is 2.10. The molecule has 0 bridgehead atoms. The molecule has 0 saturated carbocycles. The van der Waals surface area contributed by atoms with E-state index in [9.17, 15) is 23.7 Å². The molecule has 0 aliphatic heterocycles. The summed E-state index contributed by atoms with van der Waals surface area (Å²) >= 11 is 0. The van der Waals surface area contributed by atoms with Gasteiger partial charge in [-0.25, -0.2) is 13.6 Å². The van der Waals surface area contributed by atoms with Gasteiger partial charge < -0.3 is 30.1 Å². The minimum atomic E-state index is -3.74. The van der Waals surface area contributed by atoms with Crippen LogP contribution in [0.1, 0.15) is 28.4 Å². The lowest BCUT2D eigenvalue weighted by Crippen LogP contribution is -2.23. The second-order valence-corrected chi connectivity index (χ2v) is 9.82. The molecule has 1 unspecified atom stereocenters. The van der Waals surface area contributed by atoms with Crippen molar-refractivity contribution in [1.29, 1.82) is 0 Å². The first kappa shape index (κ1) is 27.6. The Bertz CT molecular complexity index is 1220. The second-order valence-electron chi connectivity index (χ2n) is 8.25. The highest BCUT2D eigenvalue weighted by atomic mass is 32.2. The van der Waals surface area contributed by atoms with E-state index in [1.807, 2.05) is 24.3 Å². The van der Waals surface area contributed by atoms with Crippen LogP contribution in [0.15, 0.2) is 71.6 Å². The molecular formula is C26H32N2O7S. The number of primary sulfonamides is 1. The monoisotopic (exact) mass is 516 g/mol. The number of phenols is 1. The van der Waals surface area contributed by atoms with Crippen LogP contribution >= 0.6 is 0 Å². The maximum atomic E-state index is 11.4. The van der Waals surface area contributed by atoms with Crippen molar-refractivity contribution in [2.24, 2.45) is 5.14 Å². The number of sulfonamides is 1. The summed E-state index contributed by atoms with van der Waals surface area (Å²) in [6.07, 6.45) is 0.0251. The van der Waals surface area contributed by atoms with Crippen LogP contribution < -0.4 is 15.2 Å². The van der Waals surface area contributed by atoms with Crippen molar-refractivity contribution >= 4 is 10.0 Å². The van der Waals surface area contributed by atoms with Crippen LogP contribution in [0.4, 0.5) is 0 Å². The number of rotatable bonds is 14. The van der Waals surface area contributed by atoms with E-state index in [0.29, 0.717) is 48.7 Å². The topological polar surface area (TPSA) is 151 Å². The molecule has 3 aromatic carbocycles. The van der Waals surface area contributed by atoms with Gasteiger partial charge in [0, 0.05) is 12.1 Å². The molecule has 194 valence electrons. The highest BCUT2D eigenvalue weighted by molar-refractivity contribution is 7.89. The van der Waals surface area contributed by atoms with Crippen LogP contribution in [-0.4, -0.2) is 50.0 Å². The van der Waals surface area contributed by atoms with Gasteiger partial charge in [0.05, 0.1) is 30.8 Å². The maximum absolute atomic E-state index is 11.4. The van der Waals surface area contributed by atoms with Crippen molar-refractivity contribution in [3.63, 3.8) is 0 Å². The quantitative estimate of drug-likeness (QED) is 0.204. The molecule has 0 amide bonds. The highest BCUT2D eigenvalue weighted by Crippen LogP contribution is 2.22. The Hall–Kier alpha value is -2.99. The first-order chi connectivity index (χ1) is 17.3. The van der Waals surface area contributed by atoms with Crippen LogP contribution in [0.3, 0.4) is 0 Å². The molecule has 1 atom stereocenters. The maximum Gasteiger partial charge on any atom is 0.238 e. The lowest BCUT2D eigenvalue weighted by molar-refractivity contribution is 0.0888. The fourth-order valence-electron chi connectivity index (χ4n) is 3.50. The molecule has 6 N–H and O–H groups in total. The average molecular weight is 517 g/mol. The first-order valence-corrected chi connectivity index (χ1v) is 13.0. The van der Waals surface area contributed by atoms with Crippen molar-refractivity contribution in [2.75, 3.05) is 26.3 Å². The molecule has 3 aromatic rings. The van der Waals surface area contributed by atoms with Gasteiger partial charge in [0.2, 0.25) is 10.0 Å². The molecule has 0 saturated heterocycles. The Morgan fingerprint density at radius 1 is 0.972 bits per heavy atom. The van der Waals surface area contributed by atoms with Gasteiger partial charge in [0.1, 0.15) is 18.1 Å². The summed E-state index contributed by atoms with van der Waals surface area (Å²) < 4.78 is 34.1. The van der Waals surface area contributed by atoms with Crippen LogP contribution in [0, 0.1) is 0 Å². The number of aliphatic hydroxyl groups is 2. The fraction of sp³-hybridized carbons (Fsp3) is 0.308. The summed E-state index contributed by atoms with van der Waals surface area (Å²) in [5, 5.41) is 37.5. The lowest BCUT2D eigenvalue weighted by atomic mass is 10.1. The molecule has 3 rings (SSSR count). The minimum absolute atomic E-state index is 0.00879. The predicted molar refractivity (Wildman–Crippen MR) is 135 cm³/mol. The Balaban J connectivity index is 1.32. The third-order valence-electron chi connectivity index (χ3n) is 5.50. The normalized spacial score (nSPS) is 12.4. The van der Waals surface area contributed by atoms with E-state index < -0.39 is 16.1 Å². The number of nitrogens with two attached hydrogens (primary N) is 1. The van der Waals surface area contributed by atoms with Crippen LogP contribution in [0.25, 0.3) is 0 Å². The number of nitrogens with one attached hydrogen (secondary N) is 1. The molecule has 9 nitrogen and oxygen atoms in total. The molecule has 10 heteroatoms. The Morgan fingerprint density at radius 3 is 2.47 bits per heavy atom. The third kappa shape index (κ3) is 8.59. The van der Waals surface area contributed by atoms with Gasteiger partial charge in [-0.05, 0) is 66.1 Å². The standard InChI is InChI=1S/C26H32N2O7S/c27-36(32,33)24-3-1-2-20(14-24)18-34-12-13-35-23-7-4-19(5-8-23)10-11-28-16-26(31)21-6-9-25(30)22(15-21)17-29/h1-9,14-15,26,28-31H,10-13,16-18H2,(H2,27,32,33). The summed E-state index contributed by atoms with van der Waals surface area (Å²) in [6, 6.07) is 18.7. The fourth-order valence-corrected chi connectivity index (χ4v) is 4.09. The van der Waals surface area contributed by atoms with E-state index in [2.05, 4.69) is 5.32 Å². The molecule has 36 heavy (non-hydrogen) atoms. The second kappa shape index (κ2) is 13.4. The predicted octanol–water partition coefficient (Wildman–Crippen LogP) is 1.99. The van der Waals surface area contributed by atoms with E-state index >= 15 is 0 Å². The Morgan fingerprint density at radius 2 is 1.75 bits per heavy atom. The summed E-state index contributed by atoms with van der Waals surface area (Å²) in [5.74, 6) is 0.725. The number of hydrogen-bond donors (Lipinski definition) is 5. The zero-order chi connectivity index (χ0) is 26.0. The van der Waals surface area contributed by atoms with E-state index in [0.717, 1.165) is 12.0 Å². The van der Waals surface area contributed by atoms with Gasteiger partial charge in [-0.2, -0.15) is 0 Å². The smallest absolute Gasteiger partial charge is 0.238 e. The number of benzene rings is 3. The molecule has 0 aliphatic rings.